The van der Waals surface area contributed by atoms with Crippen LogP contribution in [-0.2, 0) is 9.84 Å². The summed E-state index contributed by atoms with van der Waals surface area (Å²) in [6, 6.07) is 13.9. The van der Waals surface area contributed by atoms with E-state index in [-0.39, 0.29) is 23.9 Å². The molecular weight excluding hydrogens is 412 g/mol. The van der Waals surface area contributed by atoms with Crippen molar-refractivity contribution in [3.8, 4) is 0 Å². The molecule has 4 N–H and O–H groups in total. The maximum atomic E-state index is 13.1. The van der Waals surface area contributed by atoms with Crippen molar-refractivity contribution in [3.63, 3.8) is 0 Å². The number of benzene rings is 2. The van der Waals surface area contributed by atoms with Crippen molar-refractivity contribution < 1.29 is 8.42 Å². The van der Waals surface area contributed by atoms with E-state index in [1.165, 1.54) is 12.1 Å². The average Bonchev–Trinajstić information content (AvgIpc) is 3.26. The third kappa shape index (κ3) is 2.80. The lowest BCUT2D eigenvalue weighted by Gasteiger charge is -2.13. The largest absolute Gasteiger partial charge is 0.330 e. The van der Waals surface area contributed by atoms with E-state index in [0.29, 0.717) is 5.02 Å². The van der Waals surface area contributed by atoms with Gasteiger partial charge in [0, 0.05) is 33.9 Å². The van der Waals surface area contributed by atoms with E-state index < -0.39 is 20.5 Å². The predicted molar refractivity (Wildman–Crippen MR) is 99.9 cm³/mol. The summed E-state index contributed by atoms with van der Waals surface area (Å²) < 4.78 is 27.2. The Hall–Kier alpha value is -0.920. The fourth-order valence-corrected chi connectivity index (χ4v) is 6.32. The summed E-state index contributed by atoms with van der Waals surface area (Å²) in [6.07, 6.45) is 0. The van der Waals surface area contributed by atoms with Crippen molar-refractivity contribution in [3.05, 3.63) is 63.6 Å². The zero-order valence-electron chi connectivity index (χ0n) is 12.8. The van der Waals surface area contributed by atoms with E-state index in [0.717, 1.165) is 10.0 Å². The molecule has 0 amide bonds. The average molecular weight is 430 g/mol. The van der Waals surface area contributed by atoms with Crippen LogP contribution in [0.5, 0.6) is 0 Å². The van der Waals surface area contributed by atoms with Gasteiger partial charge in [-0.1, -0.05) is 39.7 Å². The zero-order chi connectivity index (χ0) is 17.5. The highest BCUT2D eigenvalue weighted by atomic mass is 79.9. The monoisotopic (exact) mass is 428 g/mol. The standard InChI is InChI=1S/C17H18BrClN2O2S/c18-12-3-1-11(2-4-12)15-16(17(15,9-20)10-21)24(22,23)14-7-5-13(19)6-8-14/h1-8,15-16H,9-10,20-21H2/t15-,16+/m1/s1. The molecule has 0 unspecified atom stereocenters. The van der Waals surface area contributed by atoms with Gasteiger partial charge in [-0.05, 0) is 42.0 Å². The number of sulfone groups is 1. The summed E-state index contributed by atoms with van der Waals surface area (Å²) in [4.78, 5) is 0.253. The Balaban J connectivity index is 2.04. The van der Waals surface area contributed by atoms with Gasteiger partial charge in [0.2, 0.25) is 0 Å². The summed E-state index contributed by atoms with van der Waals surface area (Å²) in [5.41, 5.74) is 12.2. The first-order chi connectivity index (χ1) is 11.4. The molecule has 2 aromatic carbocycles. The minimum atomic E-state index is -3.55. The smallest absolute Gasteiger partial charge is 0.182 e. The normalized spacial score (nSPS) is 22.3. The van der Waals surface area contributed by atoms with Crippen molar-refractivity contribution in [1.29, 1.82) is 0 Å². The Morgan fingerprint density at radius 1 is 1.00 bits per heavy atom. The second-order valence-corrected chi connectivity index (χ2v) is 9.51. The van der Waals surface area contributed by atoms with Crippen molar-refractivity contribution >= 4 is 37.4 Å². The Labute approximate surface area is 155 Å². The minimum absolute atomic E-state index is 0.207. The Kier molecular flexibility index (Phi) is 4.79. The van der Waals surface area contributed by atoms with Crippen LogP contribution in [0.1, 0.15) is 11.5 Å². The lowest BCUT2D eigenvalue weighted by Crippen LogP contribution is -2.31. The van der Waals surface area contributed by atoms with Crippen molar-refractivity contribution in [2.24, 2.45) is 16.9 Å². The van der Waals surface area contributed by atoms with Crippen LogP contribution in [0, 0.1) is 5.41 Å². The van der Waals surface area contributed by atoms with Gasteiger partial charge in [-0.25, -0.2) is 8.42 Å². The molecule has 1 aliphatic carbocycles. The lowest BCUT2D eigenvalue weighted by atomic mass is 9.99. The number of rotatable bonds is 5. The van der Waals surface area contributed by atoms with E-state index in [1.54, 1.807) is 12.1 Å². The molecule has 0 spiro atoms. The van der Waals surface area contributed by atoms with Crippen LogP contribution in [0.25, 0.3) is 0 Å². The fourth-order valence-electron chi connectivity index (χ4n) is 3.46. The molecule has 0 saturated heterocycles. The van der Waals surface area contributed by atoms with Crippen LogP contribution in [-0.4, -0.2) is 26.8 Å². The highest BCUT2D eigenvalue weighted by Gasteiger charge is 2.69. The Bertz CT molecular complexity index is 834. The fraction of sp³-hybridized carbons (Fsp3) is 0.294. The van der Waals surface area contributed by atoms with Gasteiger partial charge in [-0.2, -0.15) is 0 Å². The van der Waals surface area contributed by atoms with E-state index in [2.05, 4.69) is 15.9 Å². The van der Waals surface area contributed by atoms with Crippen LogP contribution >= 0.6 is 27.5 Å². The first-order valence-electron chi connectivity index (χ1n) is 7.52. The maximum absolute atomic E-state index is 13.1. The molecule has 1 saturated carbocycles. The summed E-state index contributed by atoms with van der Waals surface area (Å²) >= 11 is 9.26. The summed E-state index contributed by atoms with van der Waals surface area (Å²) in [5, 5.41) is -0.125. The van der Waals surface area contributed by atoms with Gasteiger partial charge in [-0.3, -0.25) is 0 Å². The molecule has 1 aliphatic rings. The first kappa shape index (κ1) is 17.9. The molecule has 0 radical (unpaired) electrons. The molecule has 128 valence electrons. The van der Waals surface area contributed by atoms with Gasteiger partial charge in [0.15, 0.2) is 9.84 Å². The predicted octanol–water partition coefficient (Wildman–Crippen LogP) is 2.95. The van der Waals surface area contributed by atoms with Crippen molar-refractivity contribution in [2.45, 2.75) is 16.1 Å². The highest BCUT2D eigenvalue weighted by Crippen LogP contribution is 2.63. The number of hydrogen-bond acceptors (Lipinski definition) is 4. The van der Waals surface area contributed by atoms with E-state index >= 15 is 0 Å². The molecule has 0 aliphatic heterocycles. The number of nitrogens with two attached hydrogens (primary N) is 2. The van der Waals surface area contributed by atoms with Gasteiger partial charge >= 0.3 is 0 Å². The molecule has 0 bridgehead atoms. The van der Waals surface area contributed by atoms with Gasteiger partial charge in [0.25, 0.3) is 0 Å². The van der Waals surface area contributed by atoms with Crippen LogP contribution in [0.15, 0.2) is 57.9 Å². The van der Waals surface area contributed by atoms with Crippen molar-refractivity contribution in [1.82, 2.24) is 0 Å². The van der Waals surface area contributed by atoms with Gasteiger partial charge in [0.1, 0.15) is 0 Å². The molecule has 24 heavy (non-hydrogen) atoms. The second-order valence-electron chi connectivity index (χ2n) is 6.09. The summed E-state index contributed by atoms with van der Waals surface area (Å²) in [6.45, 7) is 0.448. The summed E-state index contributed by atoms with van der Waals surface area (Å²) in [7, 11) is -3.55. The minimum Gasteiger partial charge on any atom is -0.330 e. The molecule has 2 aromatic rings. The van der Waals surface area contributed by atoms with E-state index in [4.69, 9.17) is 23.1 Å². The molecule has 4 nitrogen and oxygen atoms in total. The first-order valence-corrected chi connectivity index (χ1v) is 10.2. The maximum Gasteiger partial charge on any atom is 0.182 e. The van der Waals surface area contributed by atoms with Gasteiger partial charge < -0.3 is 11.5 Å². The summed E-state index contributed by atoms with van der Waals surface area (Å²) in [5.74, 6) is -0.207. The zero-order valence-corrected chi connectivity index (χ0v) is 16.0. The molecule has 7 heteroatoms. The highest BCUT2D eigenvalue weighted by molar-refractivity contribution is 9.10. The van der Waals surface area contributed by atoms with Gasteiger partial charge in [0.05, 0.1) is 10.1 Å². The Morgan fingerprint density at radius 3 is 2.04 bits per heavy atom. The number of hydrogen-bond donors (Lipinski definition) is 2. The molecule has 0 heterocycles. The molecule has 0 aromatic heterocycles. The molecular formula is C17H18BrClN2O2S. The van der Waals surface area contributed by atoms with Crippen LogP contribution in [0.3, 0.4) is 0 Å². The number of halogens is 2. The lowest BCUT2D eigenvalue weighted by molar-refractivity contribution is 0.510. The van der Waals surface area contributed by atoms with Gasteiger partial charge in [-0.15, -0.1) is 0 Å². The second kappa shape index (κ2) is 6.42. The SMILES string of the molecule is NCC1(CN)[C@H](c2ccc(Br)cc2)[C@@H]1S(=O)(=O)c1ccc(Cl)cc1. The molecule has 3 rings (SSSR count). The van der Waals surface area contributed by atoms with Crippen LogP contribution < -0.4 is 11.5 Å². The van der Waals surface area contributed by atoms with E-state index in [1.807, 2.05) is 24.3 Å². The van der Waals surface area contributed by atoms with E-state index in [9.17, 15) is 8.42 Å². The third-order valence-corrected chi connectivity index (χ3v) is 7.97. The van der Waals surface area contributed by atoms with Crippen LogP contribution in [0.4, 0.5) is 0 Å². The molecule has 1 fully saturated rings. The van der Waals surface area contributed by atoms with Crippen LogP contribution in [0.2, 0.25) is 5.02 Å². The van der Waals surface area contributed by atoms with Crippen molar-refractivity contribution in [2.75, 3.05) is 13.1 Å². The third-order valence-electron chi connectivity index (χ3n) is 4.85. The molecule has 2 atom stereocenters. The quantitative estimate of drug-likeness (QED) is 0.765. The topological polar surface area (TPSA) is 86.2 Å². The Morgan fingerprint density at radius 2 is 1.54 bits per heavy atom.